The average Bonchev–Trinajstić information content (AvgIpc) is 3.26. The Morgan fingerprint density at radius 3 is 2.73 bits per heavy atom. The summed E-state index contributed by atoms with van der Waals surface area (Å²) in [5.74, 6) is 0. The number of hydrogen-bond acceptors (Lipinski definition) is 4. The van der Waals surface area contributed by atoms with Crippen LogP contribution in [0.15, 0.2) is 41.8 Å². The quantitative estimate of drug-likeness (QED) is 0.778. The summed E-state index contributed by atoms with van der Waals surface area (Å²) in [6, 6.07) is 7.64. The van der Waals surface area contributed by atoms with E-state index < -0.39 is 15.6 Å². The van der Waals surface area contributed by atoms with Gasteiger partial charge in [-0.1, -0.05) is 30.7 Å². The number of ether oxygens (including phenoxy) is 1. The predicted molar refractivity (Wildman–Crippen MR) is 101 cm³/mol. The van der Waals surface area contributed by atoms with Crippen LogP contribution < -0.4 is 4.72 Å². The van der Waals surface area contributed by atoms with Gasteiger partial charge in [-0.05, 0) is 43.9 Å². The van der Waals surface area contributed by atoms with Crippen molar-refractivity contribution >= 4 is 21.6 Å². The molecule has 0 saturated carbocycles. The Bertz CT molecular complexity index is 843. The fraction of sp³-hybridized carbons (Fsp3) is 0.500. The minimum Gasteiger partial charge on any atom is -0.379 e. The third-order valence-electron chi connectivity index (χ3n) is 4.86. The molecule has 3 rings (SSSR count). The molecule has 1 aromatic carbocycles. The lowest BCUT2D eigenvalue weighted by molar-refractivity contribution is 0.173. The number of aromatic nitrogens is 2. The van der Waals surface area contributed by atoms with Crippen molar-refractivity contribution < 1.29 is 13.2 Å². The Morgan fingerprint density at radius 1 is 1.38 bits per heavy atom. The van der Waals surface area contributed by atoms with Crippen LogP contribution in [0.3, 0.4) is 0 Å². The molecule has 2 heterocycles. The van der Waals surface area contributed by atoms with E-state index in [2.05, 4.69) is 9.71 Å². The van der Waals surface area contributed by atoms with Crippen LogP contribution >= 0.6 is 11.6 Å². The smallest absolute Gasteiger partial charge is 0.260 e. The number of sulfonamides is 1. The Kier molecular flexibility index (Phi) is 5.72. The van der Waals surface area contributed by atoms with Crippen molar-refractivity contribution in [1.29, 1.82) is 0 Å². The van der Waals surface area contributed by atoms with Crippen molar-refractivity contribution in [1.82, 2.24) is 14.3 Å². The minimum absolute atomic E-state index is 0.0418. The van der Waals surface area contributed by atoms with Gasteiger partial charge in [0.1, 0.15) is 0 Å². The molecule has 2 unspecified atom stereocenters. The van der Waals surface area contributed by atoms with E-state index in [0.29, 0.717) is 31.1 Å². The van der Waals surface area contributed by atoms with Crippen molar-refractivity contribution in [3.63, 3.8) is 0 Å². The Morgan fingerprint density at radius 2 is 2.12 bits per heavy atom. The molecule has 26 heavy (non-hydrogen) atoms. The lowest BCUT2D eigenvalue weighted by Crippen LogP contribution is -2.50. The Labute approximate surface area is 159 Å². The highest BCUT2D eigenvalue weighted by Gasteiger charge is 2.39. The molecule has 1 N–H and O–H groups in total. The summed E-state index contributed by atoms with van der Waals surface area (Å²) in [5, 5.41) is 0.696. The summed E-state index contributed by atoms with van der Waals surface area (Å²) < 4.78 is 36.0. The number of imidazole rings is 1. The first-order chi connectivity index (χ1) is 12.3. The van der Waals surface area contributed by atoms with Crippen molar-refractivity contribution in [3.8, 4) is 0 Å². The molecule has 0 aliphatic carbocycles. The highest BCUT2D eigenvalue weighted by atomic mass is 35.5. The molecular formula is C18H24ClN3O3S. The predicted octanol–water partition coefficient (Wildman–Crippen LogP) is 3.19. The number of halogens is 1. The molecule has 0 bridgehead atoms. The molecule has 1 saturated heterocycles. The molecule has 142 valence electrons. The van der Waals surface area contributed by atoms with Gasteiger partial charge >= 0.3 is 0 Å². The fourth-order valence-electron chi connectivity index (χ4n) is 3.10. The second kappa shape index (κ2) is 7.68. The molecule has 2 atom stereocenters. The second-order valence-corrected chi connectivity index (χ2v) is 8.97. The van der Waals surface area contributed by atoms with E-state index in [1.165, 1.54) is 0 Å². The van der Waals surface area contributed by atoms with Gasteiger partial charge in [0.25, 0.3) is 10.0 Å². The SMILES string of the molecule is CCC(C)n1cnc(S(=O)(=O)NC2(Cc3ccc(Cl)cc3)CCOC2)c1. The molecule has 1 aromatic heterocycles. The van der Waals surface area contributed by atoms with Crippen LogP contribution in [0.5, 0.6) is 0 Å². The van der Waals surface area contributed by atoms with Crippen LogP contribution in [0.2, 0.25) is 5.02 Å². The van der Waals surface area contributed by atoms with Crippen LogP contribution in [0, 0.1) is 0 Å². The molecule has 8 heteroatoms. The molecule has 1 aliphatic rings. The summed E-state index contributed by atoms with van der Waals surface area (Å²) >= 11 is 5.94. The molecule has 0 spiro atoms. The molecule has 1 aliphatic heterocycles. The van der Waals surface area contributed by atoms with E-state index in [1.807, 2.05) is 42.7 Å². The molecule has 2 aromatic rings. The first-order valence-corrected chi connectivity index (χ1v) is 10.6. The molecular weight excluding hydrogens is 374 g/mol. The van der Waals surface area contributed by atoms with Crippen LogP contribution in [-0.2, 0) is 21.2 Å². The molecule has 0 amide bonds. The van der Waals surface area contributed by atoms with Gasteiger partial charge in [0.05, 0.1) is 18.5 Å². The maximum Gasteiger partial charge on any atom is 0.260 e. The number of benzene rings is 1. The highest BCUT2D eigenvalue weighted by Crippen LogP contribution is 2.27. The summed E-state index contributed by atoms with van der Waals surface area (Å²) in [7, 11) is -3.74. The standard InChI is InChI=1S/C18H24ClN3O3S/c1-3-14(2)22-11-17(20-13-22)26(23,24)21-18(8-9-25-12-18)10-15-4-6-16(19)7-5-15/h4-7,11,13-14,21H,3,8-10,12H2,1-2H3. The topological polar surface area (TPSA) is 73.2 Å². The Balaban J connectivity index is 1.82. The minimum atomic E-state index is -3.74. The van der Waals surface area contributed by atoms with Crippen LogP contribution in [0.25, 0.3) is 0 Å². The van der Waals surface area contributed by atoms with E-state index in [4.69, 9.17) is 16.3 Å². The number of hydrogen-bond donors (Lipinski definition) is 1. The van der Waals surface area contributed by atoms with E-state index in [0.717, 1.165) is 12.0 Å². The van der Waals surface area contributed by atoms with Gasteiger partial charge < -0.3 is 9.30 Å². The third-order valence-corrected chi connectivity index (χ3v) is 6.58. The van der Waals surface area contributed by atoms with Crippen molar-refractivity contribution in [2.24, 2.45) is 0 Å². The van der Waals surface area contributed by atoms with E-state index in [9.17, 15) is 8.42 Å². The van der Waals surface area contributed by atoms with Crippen LogP contribution in [-0.4, -0.2) is 36.7 Å². The van der Waals surface area contributed by atoms with E-state index in [1.54, 1.807) is 12.5 Å². The van der Waals surface area contributed by atoms with Gasteiger partial charge in [-0.25, -0.2) is 18.1 Å². The molecule has 0 radical (unpaired) electrons. The largest absolute Gasteiger partial charge is 0.379 e. The van der Waals surface area contributed by atoms with Gasteiger partial charge in [0.15, 0.2) is 5.03 Å². The average molecular weight is 398 g/mol. The fourth-order valence-corrected chi connectivity index (χ4v) is 4.58. The van der Waals surface area contributed by atoms with Crippen LogP contribution in [0.1, 0.15) is 38.3 Å². The zero-order chi connectivity index (χ0) is 18.8. The number of nitrogens with one attached hydrogen (secondary N) is 1. The van der Waals surface area contributed by atoms with Crippen LogP contribution in [0.4, 0.5) is 0 Å². The summed E-state index contributed by atoms with van der Waals surface area (Å²) in [6.07, 6.45) is 5.20. The summed E-state index contributed by atoms with van der Waals surface area (Å²) in [4.78, 5) is 4.10. The zero-order valence-corrected chi connectivity index (χ0v) is 16.6. The van der Waals surface area contributed by atoms with Gasteiger partial charge in [-0.2, -0.15) is 0 Å². The van der Waals surface area contributed by atoms with Gasteiger partial charge in [-0.3, -0.25) is 0 Å². The maximum atomic E-state index is 12.9. The summed E-state index contributed by atoms with van der Waals surface area (Å²) in [5.41, 5.74) is 0.333. The molecule has 1 fully saturated rings. The first-order valence-electron chi connectivity index (χ1n) is 8.73. The maximum absolute atomic E-state index is 12.9. The highest BCUT2D eigenvalue weighted by molar-refractivity contribution is 7.89. The monoisotopic (exact) mass is 397 g/mol. The molecule has 6 nitrogen and oxygen atoms in total. The lowest BCUT2D eigenvalue weighted by atomic mass is 9.91. The van der Waals surface area contributed by atoms with Crippen molar-refractivity contribution in [2.45, 2.75) is 49.7 Å². The van der Waals surface area contributed by atoms with E-state index >= 15 is 0 Å². The second-order valence-electron chi connectivity index (χ2n) is 6.91. The van der Waals surface area contributed by atoms with Gasteiger partial charge in [-0.15, -0.1) is 0 Å². The lowest BCUT2D eigenvalue weighted by Gasteiger charge is -2.28. The summed E-state index contributed by atoms with van der Waals surface area (Å²) in [6.45, 7) is 4.94. The number of rotatable bonds is 7. The van der Waals surface area contributed by atoms with Crippen molar-refractivity contribution in [3.05, 3.63) is 47.4 Å². The van der Waals surface area contributed by atoms with Gasteiger partial charge in [0, 0.05) is 23.9 Å². The Hall–Kier alpha value is -1.41. The van der Waals surface area contributed by atoms with E-state index in [-0.39, 0.29) is 11.1 Å². The number of nitrogens with zero attached hydrogens (tertiary/aromatic N) is 2. The third kappa shape index (κ3) is 4.28. The first kappa shape index (κ1) is 19.4. The van der Waals surface area contributed by atoms with Gasteiger partial charge in [0.2, 0.25) is 0 Å². The van der Waals surface area contributed by atoms with Crippen molar-refractivity contribution in [2.75, 3.05) is 13.2 Å². The normalized spacial score (nSPS) is 21.8. The zero-order valence-electron chi connectivity index (χ0n) is 15.0.